The van der Waals surface area contributed by atoms with Gasteiger partial charge in [-0.2, -0.15) is 10.2 Å². The van der Waals surface area contributed by atoms with Crippen molar-refractivity contribution >= 4 is 24.2 Å². The molecular formula is C17H14F2N4O2. The third-order valence-electron chi connectivity index (χ3n) is 2.92. The Morgan fingerprint density at radius 1 is 0.800 bits per heavy atom. The Morgan fingerprint density at radius 2 is 1.20 bits per heavy atom. The van der Waals surface area contributed by atoms with Crippen molar-refractivity contribution in [1.82, 2.24) is 10.9 Å². The molecule has 0 bridgehead atoms. The number of nitrogens with one attached hydrogen (secondary N) is 2. The summed E-state index contributed by atoms with van der Waals surface area (Å²) in [5.41, 5.74) is 4.59. The molecule has 6 nitrogen and oxygen atoms in total. The average molecular weight is 344 g/mol. The topological polar surface area (TPSA) is 82.9 Å². The van der Waals surface area contributed by atoms with Crippen molar-refractivity contribution in [1.29, 1.82) is 0 Å². The fraction of sp³-hybridized carbons (Fsp3) is 0.0588. The van der Waals surface area contributed by atoms with Crippen LogP contribution < -0.4 is 10.9 Å². The van der Waals surface area contributed by atoms with Gasteiger partial charge in [0.2, 0.25) is 11.8 Å². The van der Waals surface area contributed by atoms with Gasteiger partial charge in [0.05, 0.1) is 12.4 Å². The number of halogens is 2. The minimum Gasteiger partial charge on any atom is -0.273 e. The highest BCUT2D eigenvalue weighted by atomic mass is 19.1. The van der Waals surface area contributed by atoms with E-state index in [0.29, 0.717) is 0 Å². The van der Waals surface area contributed by atoms with E-state index in [1.165, 1.54) is 36.4 Å². The molecule has 0 unspecified atom stereocenters. The van der Waals surface area contributed by atoms with E-state index in [4.69, 9.17) is 0 Å². The van der Waals surface area contributed by atoms with Gasteiger partial charge in [0.25, 0.3) is 0 Å². The zero-order valence-electron chi connectivity index (χ0n) is 12.9. The first-order valence-electron chi connectivity index (χ1n) is 7.19. The molecule has 2 aromatic carbocycles. The zero-order chi connectivity index (χ0) is 18.1. The summed E-state index contributed by atoms with van der Waals surface area (Å²) in [6.07, 6.45) is 1.71. The van der Waals surface area contributed by atoms with Crippen LogP contribution >= 0.6 is 0 Å². The van der Waals surface area contributed by atoms with Crippen LogP contribution in [0.25, 0.3) is 0 Å². The Hall–Kier alpha value is -3.42. The summed E-state index contributed by atoms with van der Waals surface area (Å²) in [5.74, 6) is -2.38. The lowest BCUT2D eigenvalue weighted by atomic mass is 10.2. The molecule has 0 fully saturated rings. The van der Waals surface area contributed by atoms with Crippen LogP contribution in [0.1, 0.15) is 17.5 Å². The van der Waals surface area contributed by atoms with E-state index in [9.17, 15) is 18.4 Å². The highest BCUT2D eigenvalue weighted by molar-refractivity contribution is 5.97. The van der Waals surface area contributed by atoms with Crippen molar-refractivity contribution in [2.45, 2.75) is 6.42 Å². The Morgan fingerprint density at radius 3 is 1.60 bits per heavy atom. The van der Waals surface area contributed by atoms with Gasteiger partial charge >= 0.3 is 0 Å². The highest BCUT2D eigenvalue weighted by Gasteiger charge is 2.07. The number of carbonyl (C=O) groups is 2. The molecule has 0 spiro atoms. The zero-order valence-corrected chi connectivity index (χ0v) is 12.9. The van der Waals surface area contributed by atoms with Crippen LogP contribution in [0.15, 0.2) is 58.7 Å². The van der Waals surface area contributed by atoms with Gasteiger partial charge in [-0.25, -0.2) is 19.6 Å². The monoisotopic (exact) mass is 344 g/mol. The normalized spacial score (nSPS) is 11.0. The average Bonchev–Trinajstić information content (AvgIpc) is 2.58. The summed E-state index contributed by atoms with van der Waals surface area (Å²) in [6.45, 7) is 0. The van der Waals surface area contributed by atoms with Crippen molar-refractivity contribution in [2.24, 2.45) is 10.2 Å². The molecule has 0 aliphatic rings. The first-order valence-corrected chi connectivity index (χ1v) is 7.19. The van der Waals surface area contributed by atoms with E-state index in [1.54, 1.807) is 12.1 Å². The Bertz CT molecular complexity index is 754. The van der Waals surface area contributed by atoms with Crippen LogP contribution in [0, 0.1) is 11.6 Å². The van der Waals surface area contributed by atoms with Crippen molar-refractivity contribution in [3.8, 4) is 0 Å². The third kappa shape index (κ3) is 5.94. The van der Waals surface area contributed by atoms with Crippen LogP contribution in [-0.4, -0.2) is 24.2 Å². The second-order valence-corrected chi connectivity index (χ2v) is 4.81. The maximum Gasteiger partial charge on any atom is 0.249 e. The summed E-state index contributed by atoms with van der Waals surface area (Å²) in [4.78, 5) is 23.0. The van der Waals surface area contributed by atoms with Gasteiger partial charge in [0, 0.05) is 11.1 Å². The number of amides is 2. The van der Waals surface area contributed by atoms with Gasteiger partial charge in [-0.15, -0.1) is 0 Å². The van der Waals surface area contributed by atoms with Gasteiger partial charge in [-0.05, 0) is 12.1 Å². The molecule has 0 aliphatic carbocycles. The van der Waals surface area contributed by atoms with Crippen LogP contribution in [0.3, 0.4) is 0 Å². The van der Waals surface area contributed by atoms with Crippen molar-refractivity contribution in [3.05, 3.63) is 71.3 Å². The van der Waals surface area contributed by atoms with Crippen molar-refractivity contribution in [2.75, 3.05) is 0 Å². The van der Waals surface area contributed by atoms with Gasteiger partial charge < -0.3 is 0 Å². The Balaban J connectivity index is 1.77. The summed E-state index contributed by atoms with van der Waals surface area (Å²) < 4.78 is 26.6. The lowest BCUT2D eigenvalue weighted by Crippen LogP contribution is -2.27. The van der Waals surface area contributed by atoms with Crippen LogP contribution in [-0.2, 0) is 9.59 Å². The number of benzene rings is 2. The van der Waals surface area contributed by atoms with Crippen LogP contribution in [0.2, 0.25) is 0 Å². The molecule has 0 saturated carbocycles. The molecule has 0 aromatic heterocycles. The SMILES string of the molecule is O=C(CC(=O)NN=Cc1ccccc1F)NN=Cc1ccccc1F. The predicted octanol–water partition coefficient (Wildman–Crippen LogP) is 1.96. The fourth-order valence-electron chi connectivity index (χ4n) is 1.73. The molecule has 0 radical (unpaired) electrons. The molecule has 0 saturated heterocycles. The largest absolute Gasteiger partial charge is 0.273 e. The van der Waals surface area contributed by atoms with E-state index in [2.05, 4.69) is 21.1 Å². The quantitative estimate of drug-likeness (QED) is 0.477. The summed E-state index contributed by atoms with van der Waals surface area (Å²) in [7, 11) is 0. The summed E-state index contributed by atoms with van der Waals surface area (Å²) in [6, 6.07) is 11.8. The van der Waals surface area contributed by atoms with Gasteiger partial charge in [0.1, 0.15) is 18.1 Å². The molecule has 2 N–H and O–H groups in total. The second kappa shape index (κ2) is 9.02. The van der Waals surface area contributed by atoms with E-state index >= 15 is 0 Å². The Labute approximate surface area is 142 Å². The minimum absolute atomic E-state index is 0.196. The van der Waals surface area contributed by atoms with Crippen molar-refractivity contribution in [3.63, 3.8) is 0 Å². The first kappa shape index (κ1) is 17.9. The number of hydrogen-bond acceptors (Lipinski definition) is 4. The van der Waals surface area contributed by atoms with E-state index < -0.39 is 29.9 Å². The third-order valence-corrected chi connectivity index (χ3v) is 2.92. The molecule has 2 rings (SSSR count). The molecule has 0 heterocycles. The van der Waals surface area contributed by atoms with Crippen LogP contribution in [0.4, 0.5) is 8.78 Å². The number of hydrazone groups is 2. The molecule has 0 atom stereocenters. The van der Waals surface area contributed by atoms with Crippen molar-refractivity contribution < 1.29 is 18.4 Å². The smallest absolute Gasteiger partial charge is 0.249 e. The van der Waals surface area contributed by atoms with E-state index in [-0.39, 0.29) is 11.1 Å². The lowest BCUT2D eigenvalue weighted by Gasteiger charge is -2.00. The fourth-order valence-corrected chi connectivity index (χ4v) is 1.73. The minimum atomic E-state index is -0.703. The van der Waals surface area contributed by atoms with E-state index in [0.717, 1.165) is 12.4 Å². The maximum atomic E-state index is 13.3. The van der Waals surface area contributed by atoms with Gasteiger partial charge in [0.15, 0.2) is 0 Å². The van der Waals surface area contributed by atoms with Gasteiger partial charge in [-0.3, -0.25) is 9.59 Å². The van der Waals surface area contributed by atoms with Crippen LogP contribution in [0.5, 0.6) is 0 Å². The molecule has 0 aliphatic heterocycles. The molecule has 25 heavy (non-hydrogen) atoms. The Kier molecular flexibility index (Phi) is 6.47. The lowest BCUT2D eigenvalue weighted by molar-refractivity contribution is -0.129. The summed E-state index contributed by atoms with van der Waals surface area (Å²) >= 11 is 0. The number of rotatable bonds is 6. The molecule has 128 valence electrons. The maximum absolute atomic E-state index is 13.3. The standard InChI is InChI=1S/C17H14F2N4O2/c18-14-7-3-1-5-12(14)10-20-22-16(24)9-17(25)23-21-11-13-6-2-4-8-15(13)19/h1-8,10-11H,9H2,(H,22,24)(H,23,25). The van der Waals surface area contributed by atoms with E-state index in [1.807, 2.05) is 0 Å². The first-order chi connectivity index (χ1) is 12.1. The molecular weight excluding hydrogens is 330 g/mol. The number of carbonyl (C=O) groups excluding carboxylic acids is 2. The molecule has 2 aromatic rings. The summed E-state index contributed by atoms with van der Waals surface area (Å²) in [5, 5.41) is 7.12. The molecule has 8 heteroatoms. The number of hydrogen-bond donors (Lipinski definition) is 2. The highest BCUT2D eigenvalue weighted by Crippen LogP contribution is 2.03. The van der Waals surface area contributed by atoms with Gasteiger partial charge in [-0.1, -0.05) is 36.4 Å². The number of nitrogens with zero attached hydrogens (tertiary/aromatic N) is 2. The molecule has 2 amide bonds. The second-order valence-electron chi connectivity index (χ2n) is 4.81. The predicted molar refractivity (Wildman–Crippen MR) is 88.9 cm³/mol.